The van der Waals surface area contributed by atoms with Gasteiger partial charge in [-0.15, -0.1) is 0 Å². The van der Waals surface area contributed by atoms with E-state index in [9.17, 15) is 5.11 Å². The number of aliphatic hydroxyl groups excluding tert-OH is 1. The quantitative estimate of drug-likeness (QED) is 0.861. The molecule has 3 unspecified atom stereocenters. The highest BCUT2D eigenvalue weighted by Crippen LogP contribution is 2.47. The van der Waals surface area contributed by atoms with Crippen molar-refractivity contribution in [2.75, 3.05) is 6.54 Å². The molecule has 3 atom stereocenters. The van der Waals surface area contributed by atoms with Crippen molar-refractivity contribution in [3.8, 4) is 0 Å². The van der Waals surface area contributed by atoms with E-state index in [0.29, 0.717) is 12.5 Å². The zero-order chi connectivity index (χ0) is 13.2. The minimum atomic E-state index is -0.481. The fraction of sp³-hybridized carbons (Fsp3) is 0.786. The maximum Gasteiger partial charge on any atom is 0.0888 e. The van der Waals surface area contributed by atoms with E-state index in [4.69, 9.17) is 5.73 Å². The van der Waals surface area contributed by atoms with Gasteiger partial charge in [-0.3, -0.25) is 4.68 Å². The zero-order valence-corrected chi connectivity index (χ0v) is 11.5. The van der Waals surface area contributed by atoms with Gasteiger partial charge in [-0.2, -0.15) is 5.10 Å². The monoisotopic (exact) mass is 251 g/mol. The lowest BCUT2D eigenvalue weighted by Crippen LogP contribution is -2.40. The zero-order valence-electron chi connectivity index (χ0n) is 11.5. The van der Waals surface area contributed by atoms with Crippen molar-refractivity contribution >= 4 is 0 Å². The Morgan fingerprint density at radius 1 is 1.67 bits per heavy atom. The average Bonchev–Trinajstić information content (AvgIpc) is 2.86. The molecular weight excluding hydrogens is 226 g/mol. The molecule has 3 N–H and O–H groups in total. The van der Waals surface area contributed by atoms with Crippen LogP contribution in [0.3, 0.4) is 0 Å². The van der Waals surface area contributed by atoms with Crippen LogP contribution in [0.1, 0.15) is 51.2 Å². The Balaban J connectivity index is 2.20. The Hall–Kier alpha value is -0.870. The van der Waals surface area contributed by atoms with E-state index in [1.807, 2.05) is 17.8 Å². The van der Waals surface area contributed by atoms with Gasteiger partial charge in [-0.1, -0.05) is 19.8 Å². The fourth-order valence-corrected chi connectivity index (χ4v) is 3.29. The van der Waals surface area contributed by atoms with Gasteiger partial charge < -0.3 is 10.8 Å². The second-order valence-electron chi connectivity index (χ2n) is 5.80. The summed E-state index contributed by atoms with van der Waals surface area (Å²) in [5, 5.41) is 14.9. The average molecular weight is 251 g/mol. The topological polar surface area (TPSA) is 64.1 Å². The fourth-order valence-electron chi connectivity index (χ4n) is 3.29. The van der Waals surface area contributed by atoms with Gasteiger partial charge in [0.05, 0.1) is 12.3 Å². The molecule has 0 radical (unpaired) electrons. The van der Waals surface area contributed by atoms with Gasteiger partial charge in [0.2, 0.25) is 0 Å². The molecule has 4 heteroatoms. The van der Waals surface area contributed by atoms with E-state index in [-0.39, 0.29) is 5.41 Å². The summed E-state index contributed by atoms with van der Waals surface area (Å²) in [4.78, 5) is 0. The Morgan fingerprint density at radius 2 is 2.44 bits per heavy atom. The van der Waals surface area contributed by atoms with Crippen LogP contribution in [0.2, 0.25) is 0 Å². The van der Waals surface area contributed by atoms with E-state index in [0.717, 1.165) is 31.4 Å². The summed E-state index contributed by atoms with van der Waals surface area (Å²) >= 11 is 0. The summed E-state index contributed by atoms with van der Waals surface area (Å²) < 4.78 is 1.86. The standard InChI is InChI=1S/C14H25N3O/c1-3-17-9-12(8-16-17)13(18)14(10-15)6-4-5-11(2)7-14/h8-9,11,13,18H,3-7,10,15H2,1-2H3. The second-order valence-corrected chi connectivity index (χ2v) is 5.80. The third-order valence-electron chi connectivity index (χ3n) is 4.41. The normalized spacial score (nSPS) is 30.3. The number of nitrogens with zero attached hydrogens (tertiary/aromatic N) is 2. The van der Waals surface area contributed by atoms with Crippen LogP contribution in [0.5, 0.6) is 0 Å². The van der Waals surface area contributed by atoms with Gasteiger partial charge in [0, 0.05) is 30.3 Å². The number of nitrogens with two attached hydrogens (primary N) is 1. The van der Waals surface area contributed by atoms with Crippen molar-refractivity contribution in [3.63, 3.8) is 0 Å². The van der Waals surface area contributed by atoms with Crippen molar-refractivity contribution in [2.24, 2.45) is 17.1 Å². The summed E-state index contributed by atoms with van der Waals surface area (Å²) in [6, 6.07) is 0. The molecule has 4 nitrogen and oxygen atoms in total. The van der Waals surface area contributed by atoms with Gasteiger partial charge in [0.1, 0.15) is 0 Å². The van der Waals surface area contributed by atoms with Crippen LogP contribution >= 0.6 is 0 Å². The molecular formula is C14H25N3O. The van der Waals surface area contributed by atoms with Crippen molar-refractivity contribution in [3.05, 3.63) is 18.0 Å². The molecule has 2 rings (SSSR count). The van der Waals surface area contributed by atoms with Crippen molar-refractivity contribution in [1.29, 1.82) is 0 Å². The van der Waals surface area contributed by atoms with Gasteiger partial charge >= 0.3 is 0 Å². The number of aromatic nitrogens is 2. The minimum Gasteiger partial charge on any atom is -0.388 e. The van der Waals surface area contributed by atoms with Crippen LogP contribution in [0.15, 0.2) is 12.4 Å². The SMILES string of the molecule is CCn1cc(C(O)C2(CN)CCCC(C)C2)cn1. The van der Waals surface area contributed by atoms with Crippen LogP contribution < -0.4 is 5.73 Å². The van der Waals surface area contributed by atoms with Crippen LogP contribution in [-0.4, -0.2) is 21.4 Å². The van der Waals surface area contributed by atoms with E-state index in [2.05, 4.69) is 12.0 Å². The van der Waals surface area contributed by atoms with E-state index in [1.54, 1.807) is 6.20 Å². The summed E-state index contributed by atoms with van der Waals surface area (Å²) in [6.07, 6.45) is 7.70. The molecule has 0 aliphatic heterocycles. The Morgan fingerprint density at radius 3 is 3.00 bits per heavy atom. The molecule has 1 heterocycles. The van der Waals surface area contributed by atoms with E-state index < -0.39 is 6.10 Å². The summed E-state index contributed by atoms with van der Waals surface area (Å²) in [7, 11) is 0. The lowest BCUT2D eigenvalue weighted by Gasteiger charge is -2.42. The first-order chi connectivity index (χ1) is 8.61. The second kappa shape index (κ2) is 5.41. The Labute approximate surface area is 109 Å². The van der Waals surface area contributed by atoms with Crippen molar-refractivity contribution in [1.82, 2.24) is 9.78 Å². The molecule has 0 amide bonds. The van der Waals surface area contributed by atoms with Crippen molar-refractivity contribution in [2.45, 2.75) is 52.2 Å². The maximum atomic E-state index is 10.7. The molecule has 0 bridgehead atoms. The Kier molecular flexibility index (Phi) is 4.07. The smallest absolute Gasteiger partial charge is 0.0888 e. The number of aliphatic hydroxyl groups is 1. The summed E-state index contributed by atoms with van der Waals surface area (Å²) in [5.41, 5.74) is 6.75. The molecule has 1 aliphatic rings. The maximum absolute atomic E-state index is 10.7. The first-order valence-corrected chi connectivity index (χ1v) is 7.02. The molecule has 1 saturated carbocycles. The molecule has 1 aromatic rings. The van der Waals surface area contributed by atoms with E-state index in [1.165, 1.54) is 6.42 Å². The van der Waals surface area contributed by atoms with Crippen LogP contribution in [0.25, 0.3) is 0 Å². The lowest BCUT2D eigenvalue weighted by atomic mass is 9.66. The third-order valence-corrected chi connectivity index (χ3v) is 4.41. The molecule has 0 aromatic carbocycles. The lowest BCUT2D eigenvalue weighted by molar-refractivity contribution is -0.0131. The molecule has 1 aromatic heterocycles. The van der Waals surface area contributed by atoms with Crippen LogP contribution in [-0.2, 0) is 6.54 Å². The molecule has 0 spiro atoms. The van der Waals surface area contributed by atoms with Crippen molar-refractivity contribution < 1.29 is 5.11 Å². The summed E-state index contributed by atoms with van der Waals surface area (Å²) in [5.74, 6) is 0.651. The molecule has 1 fully saturated rings. The first kappa shape index (κ1) is 13.6. The predicted octanol–water partition coefficient (Wildman–Crippen LogP) is 2.09. The summed E-state index contributed by atoms with van der Waals surface area (Å²) in [6.45, 7) is 5.69. The molecule has 18 heavy (non-hydrogen) atoms. The van der Waals surface area contributed by atoms with Gasteiger partial charge in [-0.05, 0) is 25.7 Å². The first-order valence-electron chi connectivity index (χ1n) is 7.02. The van der Waals surface area contributed by atoms with Crippen LogP contribution in [0, 0.1) is 11.3 Å². The molecule has 102 valence electrons. The number of hydrogen-bond donors (Lipinski definition) is 2. The van der Waals surface area contributed by atoms with Gasteiger partial charge in [-0.25, -0.2) is 0 Å². The van der Waals surface area contributed by atoms with Gasteiger partial charge in [0.15, 0.2) is 0 Å². The third kappa shape index (κ3) is 2.45. The highest BCUT2D eigenvalue weighted by atomic mass is 16.3. The predicted molar refractivity (Wildman–Crippen MR) is 72.0 cm³/mol. The minimum absolute atomic E-state index is 0.154. The largest absolute Gasteiger partial charge is 0.388 e. The Bertz CT molecular complexity index is 390. The van der Waals surface area contributed by atoms with Crippen LogP contribution in [0.4, 0.5) is 0 Å². The van der Waals surface area contributed by atoms with Gasteiger partial charge in [0.25, 0.3) is 0 Å². The molecule has 0 saturated heterocycles. The molecule has 1 aliphatic carbocycles. The number of hydrogen-bond acceptors (Lipinski definition) is 3. The number of rotatable bonds is 4. The highest BCUT2D eigenvalue weighted by molar-refractivity contribution is 5.13. The van der Waals surface area contributed by atoms with E-state index >= 15 is 0 Å². The number of aryl methyl sites for hydroxylation is 1. The highest BCUT2D eigenvalue weighted by Gasteiger charge is 2.41.